The molecule has 5 heteroatoms. The molecule has 0 aliphatic rings. The Labute approximate surface area is 82.0 Å². The summed E-state index contributed by atoms with van der Waals surface area (Å²) in [6, 6.07) is 3.32. The average molecular weight is 204 g/mol. The SMILES string of the molecule is COc1ccc(CC(=O)O)nc1.Cl. The summed E-state index contributed by atoms with van der Waals surface area (Å²) >= 11 is 0. The van der Waals surface area contributed by atoms with Crippen LogP contribution in [0.25, 0.3) is 0 Å². The molecule has 0 amide bonds. The zero-order valence-corrected chi connectivity index (χ0v) is 7.87. The van der Waals surface area contributed by atoms with Crippen LogP contribution in [0.15, 0.2) is 18.3 Å². The van der Waals surface area contributed by atoms with Crippen LogP contribution in [0.2, 0.25) is 0 Å². The van der Waals surface area contributed by atoms with E-state index in [1.54, 1.807) is 12.1 Å². The van der Waals surface area contributed by atoms with Crippen molar-refractivity contribution in [1.82, 2.24) is 4.98 Å². The van der Waals surface area contributed by atoms with Crippen LogP contribution in [-0.4, -0.2) is 23.2 Å². The largest absolute Gasteiger partial charge is 0.495 e. The van der Waals surface area contributed by atoms with E-state index in [0.29, 0.717) is 11.4 Å². The van der Waals surface area contributed by atoms with Gasteiger partial charge in [0.05, 0.1) is 25.4 Å². The standard InChI is InChI=1S/C8H9NO3.ClH/c1-12-7-3-2-6(9-5-7)4-8(10)11;/h2-3,5H,4H2,1H3,(H,10,11);1H. The highest BCUT2D eigenvalue weighted by molar-refractivity contribution is 5.85. The maximum absolute atomic E-state index is 10.3. The average Bonchev–Trinajstić information content (AvgIpc) is 2.05. The Hall–Kier alpha value is -1.29. The Morgan fingerprint density at radius 2 is 2.31 bits per heavy atom. The van der Waals surface area contributed by atoms with Crippen LogP contribution in [-0.2, 0) is 11.2 Å². The predicted octanol–water partition coefficient (Wildman–Crippen LogP) is 1.14. The summed E-state index contributed by atoms with van der Waals surface area (Å²) < 4.78 is 4.86. The van der Waals surface area contributed by atoms with Gasteiger partial charge in [-0.25, -0.2) is 0 Å². The van der Waals surface area contributed by atoms with Gasteiger partial charge in [-0.05, 0) is 12.1 Å². The quantitative estimate of drug-likeness (QED) is 0.801. The van der Waals surface area contributed by atoms with Gasteiger partial charge >= 0.3 is 5.97 Å². The molecule has 1 heterocycles. The van der Waals surface area contributed by atoms with Crippen molar-refractivity contribution in [2.45, 2.75) is 6.42 Å². The molecule has 0 unspecified atom stereocenters. The molecule has 0 saturated carbocycles. The van der Waals surface area contributed by atoms with Gasteiger partial charge in [-0.15, -0.1) is 12.4 Å². The minimum absolute atomic E-state index is 0. The van der Waals surface area contributed by atoms with Crippen LogP contribution in [0.4, 0.5) is 0 Å². The van der Waals surface area contributed by atoms with Gasteiger partial charge in [0.15, 0.2) is 0 Å². The van der Waals surface area contributed by atoms with Gasteiger partial charge in [-0.3, -0.25) is 9.78 Å². The van der Waals surface area contributed by atoms with Crippen LogP contribution in [0, 0.1) is 0 Å². The summed E-state index contributed by atoms with van der Waals surface area (Å²) in [5.74, 6) is -0.253. The van der Waals surface area contributed by atoms with E-state index in [0.717, 1.165) is 0 Å². The number of methoxy groups -OCH3 is 1. The summed E-state index contributed by atoms with van der Waals surface area (Å²) in [5.41, 5.74) is 0.531. The topological polar surface area (TPSA) is 59.4 Å². The minimum Gasteiger partial charge on any atom is -0.495 e. The molecule has 1 N–H and O–H groups in total. The number of rotatable bonds is 3. The van der Waals surface area contributed by atoms with Crippen molar-refractivity contribution in [3.8, 4) is 5.75 Å². The third kappa shape index (κ3) is 3.75. The molecular weight excluding hydrogens is 194 g/mol. The second kappa shape index (κ2) is 5.37. The molecule has 0 spiro atoms. The van der Waals surface area contributed by atoms with Crippen molar-refractivity contribution in [2.75, 3.05) is 7.11 Å². The lowest BCUT2D eigenvalue weighted by molar-refractivity contribution is -0.136. The number of carboxylic acid groups (broad SMARTS) is 1. The van der Waals surface area contributed by atoms with Gasteiger partial charge in [0.25, 0.3) is 0 Å². The van der Waals surface area contributed by atoms with Crippen LogP contribution in [0.5, 0.6) is 5.75 Å². The molecule has 0 bridgehead atoms. The first-order chi connectivity index (χ1) is 5.72. The molecule has 0 saturated heterocycles. The normalized spacial score (nSPS) is 8.69. The molecular formula is C8H10ClNO3. The molecule has 4 nitrogen and oxygen atoms in total. The van der Waals surface area contributed by atoms with E-state index in [1.165, 1.54) is 13.3 Å². The molecule has 0 fully saturated rings. The maximum Gasteiger partial charge on any atom is 0.309 e. The second-order valence-corrected chi connectivity index (χ2v) is 2.26. The van der Waals surface area contributed by atoms with Crippen LogP contribution >= 0.6 is 12.4 Å². The predicted molar refractivity (Wildman–Crippen MR) is 49.4 cm³/mol. The molecule has 0 aliphatic carbocycles. The lowest BCUT2D eigenvalue weighted by Crippen LogP contribution is -2.01. The Morgan fingerprint density at radius 3 is 2.69 bits per heavy atom. The molecule has 13 heavy (non-hydrogen) atoms. The van der Waals surface area contributed by atoms with E-state index in [1.807, 2.05) is 0 Å². The lowest BCUT2D eigenvalue weighted by atomic mass is 10.3. The Bertz CT molecular complexity index is 273. The number of hydrogen-bond acceptors (Lipinski definition) is 3. The number of aromatic nitrogens is 1. The fourth-order valence-electron chi connectivity index (χ4n) is 0.791. The molecule has 0 atom stereocenters. The van der Waals surface area contributed by atoms with Gasteiger partial charge in [0.1, 0.15) is 5.75 Å². The minimum atomic E-state index is -0.882. The van der Waals surface area contributed by atoms with Crippen LogP contribution in [0.1, 0.15) is 5.69 Å². The maximum atomic E-state index is 10.3. The monoisotopic (exact) mass is 203 g/mol. The number of halogens is 1. The lowest BCUT2D eigenvalue weighted by Gasteiger charge is -1.99. The Morgan fingerprint density at radius 1 is 1.62 bits per heavy atom. The molecule has 0 aliphatic heterocycles. The molecule has 0 aromatic carbocycles. The van der Waals surface area contributed by atoms with Gasteiger partial charge in [-0.1, -0.05) is 0 Å². The highest BCUT2D eigenvalue weighted by Crippen LogP contribution is 2.07. The summed E-state index contributed by atoms with van der Waals surface area (Å²) in [4.78, 5) is 14.1. The summed E-state index contributed by atoms with van der Waals surface area (Å²) in [5, 5.41) is 8.42. The van der Waals surface area contributed by atoms with Crippen LogP contribution in [0.3, 0.4) is 0 Å². The van der Waals surface area contributed by atoms with Crippen molar-refractivity contribution < 1.29 is 14.6 Å². The first kappa shape index (κ1) is 11.7. The zero-order valence-electron chi connectivity index (χ0n) is 7.06. The number of carbonyl (C=O) groups is 1. The van der Waals surface area contributed by atoms with Gasteiger partial charge in [0, 0.05) is 0 Å². The fraction of sp³-hybridized carbons (Fsp3) is 0.250. The molecule has 0 radical (unpaired) electrons. The van der Waals surface area contributed by atoms with E-state index in [-0.39, 0.29) is 18.8 Å². The number of carboxylic acids is 1. The summed E-state index contributed by atoms with van der Waals surface area (Å²) in [6.45, 7) is 0. The number of aliphatic carboxylic acids is 1. The first-order valence-corrected chi connectivity index (χ1v) is 3.43. The van der Waals surface area contributed by atoms with Crippen molar-refractivity contribution >= 4 is 18.4 Å². The number of pyridine rings is 1. The fourth-order valence-corrected chi connectivity index (χ4v) is 0.791. The Kier molecular flexibility index (Phi) is 4.84. The highest BCUT2D eigenvalue weighted by atomic mass is 35.5. The van der Waals surface area contributed by atoms with Crippen LogP contribution < -0.4 is 4.74 Å². The van der Waals surface area contributed by atoms with Crippen molar-refractivity contribution in [1.29, 1.82) is 0 Å². The number of ether oxygens (including phenoxy) is 1. The third-order valence-corrected chi connectivity index (χ3v) is 1.37. The first-order valence-electron chi connectivity index (χ1n) is 3.43. The van der Waals surface area contributed by atoms with Crippen molar-refractivity contribution in [2.24, 2.45) is 0 Å². The van der Waals surface area contributed by atoms with E-state index < -0.39 is 5.97 Å². The molecule has 1 aromatic heterocycles. The highest BCUT2D eigenvalue weighted by Gasteiger charge is 2.00. The number of nitrogens with zero attached hydrogens (tertiary/aromatic N) is 1. The van der Waals surface area contributed by atoms with E-state index in [9.17, 15) is 4.79 Å². The van der Waals surface area contributed by atoms with Gasteiger partial charge in [-0.2, -0.15) is 0 Å². The van der Waals surface area contributed by atoms with E-state index in [4.69, 9.17) is 9.84 Å². The van der Waals surface area contributed by atoms with Gasteiger partial charge < -0.3 is 9.84 Å². The van der Waals surface area contributed by atoms with E-state index >= 15 is 0 Å². The molecule has 1 aromatic rings. The molecule has 1 rings (SSSR count). The Balaban J connectivity index is 0.00000144. The van der Waals surface area contributed by atoms with Gasteiger partial charge in [0.2, 0.25) is 0 Å². The molecule has 72 valence electrons. The van der Waals surface area contributed by atoms with E-state index in [2.05, 4.69) is 4.98 Å². The zero-order chi connectivity index (χ0) is 8.97. The van der Waals surface area contributed by atoms with Crippen molar-refractivity contribution in [3.05, 3.63) is 24.0 Å². The smallest absolute Gasteiger partial charge is 0.309 e. The summed E-state index contributed by atoms with van der Waals surface area (Å²) in [6.07, 6.45) is 1.45. The third-order valence-electron chi connectivity index (χ3n) is 1.37. The summed E-state index contributed by atoms with van der Waals surface area (Å²) in [7, 11) is 1.54. The second-order valence-electron chi connectivity index (χ2n) is 2.26. The number of hydrogen-bond donors (Lipinski definition) is 1. The van der Waals surface area contributed by atoms with Crippen molar-refractivity contribution in [3.63, 3.8) is 0 Å².